The van der Waals surface area contributed by atoms with Gasteiger partial charge in [0, 0.05) is 17.7 Å². The number of nitrogens with zero attached hydrogens (tertiary/aromatic N) is 1. The van der Waals surface area contributed by atoms with Gasteiger partial charge in [-0.2, -0.15) is 0 Å². The molecule has 0 aliphatic heterocycles. The lowest BCUT2D eigenvalue weighted by molar-refractivity contribution is -0.384. The van der Waals surface area contributed by atoms with Crippen LogP contribution in [0.4, 0.5) is 5.69 Å². The SMILES string of the molecule is O=C(CNC(=O)c1ccccc1Cl)NNC(=O)c1ccc([N+](=O)[O-])cc1. The predicted molar refractivity (Wildman–Crippen MR) is 92.5 cm³/mol. The number of halogens is 1. The fourth-order valence-electron chi connectivity index (χ4n) is 1.88. The van der Waals surface area contributed by atoms with Crippen LogP contribution in [0.15, 0.2) is 48.5 Å². The molecule has 0 aliphatic rings. The summed E-state index contributed by atoms with van der Waals surface area (Å²) in [6.45, 7) is -0.384. The molecule has 0 radical (unpaired) electrons. The van der Waals surface area contributed by atoms with Crippen LogP contribution in [-0.4, -0.2) is 29.2 Å². The highest BCUT2D eigenvalue weighted by molar-refractivity contribution is 6.33. The Bertz CT molecular complexity index is 854. The van der Waals surface area contributed by atoms with Crippen LogP contribution in [0.3, 0.4) is 0 Å². The number of hydrogen-bond donors (Lipinski definition) is 3. The van der Waals surface area contributed by atoms with E-state index >= 15 is 0 Å². The molecule has 3 amide bonds. The second-order valence-corrected chi connectivity index (χ2v) is 5.38. The standard InChI is InChI=1S/C16H13ClN4O5/c17-13-4-2-1-3-12(13)16(24)18-9-14(22)19-20-15(23)10-5-7-11(8-6-10)21(25)26/h1-8H,9H2,(H,18,24)(H,19,22)(H,20,23). The minimum Gasteiger partial charge on any atom is -0.343 e. The van der Waals surface area contributed by atoms with Crippen LogP contribution < -0.4 is 16.2 Å². The van der Waals surface area contributed by atoms with E-state index in [2.05, 4.69) is 16.2 Å². The van der Waals surface area contributed by atoms with Crippen molar-refractivity contribution in [2.24, 2.45) is 0 Å². The molecule has 2 aromatic carbocycles. The Morgan fingerprint density at radius 1 is 0.962 bits per heavy atom. The molecule has 3 N–H and O–H groups in total. The van der Waals surface area contributed by atoms with Gasteiger partial charge in [-0.3, -0.25) is 35.3 Å². The van der Waals surface area contributed by atoms with E-state index in [0.29, 0.717) is 0 Å². The first-order chi connectivity index (χ1) is 12.4. The van der Waals surface area contributed by atoms with E-state index in [-0.39, 0.29) is 28.4 Å². The Morgan fingerprint density at radius 2 is 1.62 bits per heavy atom. The Hall–Kier alpha value is -3.46. The molecule has 0 aliphatic carbocycles. The van der Waals surface area contributed by atoms with Gasteiger partial charge in [-0.15, -0.1) is 0 Å². The van der Waals surface area contributed by atoms with Crippen LogP contribution in [-0.2, 0) is 4.79 Å². The third-order valence-electron chi connectivity index (χ3n) is 3.18. The summed E-state index contributed by atoms with van der Waals surface area (Å²) in [6, 6.07) is 11.2. The molecular formula is C16H13ClN4O5. The van der Waals surface area contributed by atoms with Gasteiger partial charge >= 0.3 is 0 Å². The van der Waals surface area contributed by atoms with Crippen LogP contribution in [0.5, 0.6) is 0 Å². The summed E-state index contributed by atoms with van der Waals surface area (Å²) in [5.41, 5.74) is 4.44. The maximum atomic E-state index is 11.9. The lowest BCUT2D eigenvalue weighted by Gasteiger charge is -2.09. The summed E-state index contributed by atoms with van der Waals surface area (Å²) in [6.07, 6.45) is 0. The topological polar surface area (TPSA) is 130 Å². The Labute approximate surface area is 152 Å². The van der Waals surface area contributed by atoms with Gasteiger partial charge in [0.15, 0.2) is 0 Å². The number of carbonyl (C=O) groups is 3. The number of non-ortho nitro benzene ring substituents is 1. The molecule has 0 unspecified atom stereocenters. The van der Waals surface area contributed by atoms with Crippen LogP contribution in [0.2, 0.25) is 5.02 Å². The molecule has 134 valence electrons. The molecular weight excluding hydrogens is 364 g/mol. The molecule has 2 aromatic rings. The molecule has 0 atom stereocenters. The first kappa shape index (κ1) is 18.9. The second-order valence-electron chi connectivity index (χ2n) is 4.97. The van der Waals surface area contributed by atoms with Crippen LogP contribution >= 0.6 is 11.6 Å². The van der Waals surface area contributed by atoms with Gasteiger partial charge in [-0.25, -0.2) is 0 Å². The lowest BCUT2D eigenvalue weighted by atomic mass is 10.2. The number of hydrazine groups is 1. The number of nitrogens with one attached hydrogen (secondary N) is 3. The summed E-state index contributed by atoms with van der Waals surface area (Å²) in [4.78, 5) is 45.4. The molecule has 0 aromatic heterocycles. The van der Waals surface area contributed by atoms with Gasteiger partial charge in [0.2, 0.25) is 0 Å². The lowest BCUT2D eigenvalue weighted by Crippen LogP contribution is -2.46. The summed E-state index contributed by atoms with van der Waals surface area (Å²) in [5, 5.41) is 13.2. The number of rotatable bonds is 5. The third kappa shape index (κ3) is 5.02. The number of amides is 3. The second kappa shape index (κ2) is 8.58. The zero-order valence-corrected chi connectivity index (χ0v) is 13.9. The van der Waals surface area contributed by atoms with Crippen molar-refractivity contribution in [1.29, 1.82) is 0 Å². The molecule has 10 heteroatoms. The predicted octanol–water partition coefficient (Wildman–Crippen LogP) is 1.44. The largest absolute Gasteiger partial charge is 0.343 e. The van der Waals surface area contributed by atoms with Crippen molar-refractivity contribution in [3.05, 3.63) is 74.8 Å². The quantitative estimate of drug-likeness (QED) is 0.537. The fraction of sp³-hybridized carbons (Fsp3) is 0.0625. The molecule has 0 fully saturated rings. The van der Waals surface area contributed by atoms with Gasteiger partial charge < -0.3 is 5.32 Å². The minimum atomic E-state index is -0.666. The number of hydrogen-bond acceptors (Lipinski definition) is 5. The van der Waals surface area contributed by atoms with Gasteiger partial charge in [0.1, 0.15) is 0 Å². The minimum absolute atomic E-state index is 0.121. The fourth-order valence-corrected chi connectivity index (χ4v) is 2.10. The first-order valence-electron chi connectivity index (χ1n) is 7.25. The average molecular weight is 377 g/mol. The summed E-state index contributed by atoms with van der Waals surface area (Å²) in [5.74, 6) is -1.86. The van der Waals surface area contributed by atoms with Gasteiger partial charge in [-0.05, 0) is 24.3 Å². The molecule has 0 bridgehead atoms. The third-order valence-corrected chi connectivity index (χ3v) is 3.51. The summed E-state index contributed by atoms with van der Waals surface area (Å²) >= 11 is 5.88. The van der Waals surface area contributed by atoms with Crippen LogP contribution in [0.1, 0.15) is 20.7 Å². The van der Waals surface area contributed by atoms with Crippen molar-refractivity contribution in [2.45, 2.75) is 0 Å². The van der Waals surface area contributed by atoms with Crippen LogP contribution in [0.25, 0.3) is 0 Å². The van der Waals surface area contributed by atoms with E-state index < -0.39 is 22.6 Å². The van der Waals surface area contributed by atoms with E-state index in [0.717, 1.165) is 0 Å². The smallest absolute Gasteiger partial charge is 0.269 e. The van der Waals surface area contributed by atoms with E-state index in [1.165, 1.54) is 30.3 Å². The first-order valence-corrected chi connectivity index (χ1v) is 7.62. The normalized spacial score (nSPS) is 9.88. The molecule has 2 rings (SSSR count). The van der Waals surface area contributed by atoms with Crippen LogP contribution in [0, 0.1) is 10.1 Å². The van der Waals surface area contributed by atoms with E-state index in [1.807, 2.05) is 0 Å². The average Bonchev–Trinajstić information content (AvgIpc) is 2.64. The van der Waals surface area contributed by atoms with Gasteiger partial charge in [0.25, 0.3) is 23.4 Å². The number of nitro groups is 1. The van der Waals surface area contributed by atoms with E-state index in [4.69, 9.17) is 11.6 Å². The molecule has 9 nitrogen and oxygen atoms in total. The van der Waals surface area contributed by atoms with Crippen molar-refractivity contribution in [3.8, 4) is 0 Å². The Morgan fingerprint density at radius 3 is 2.23 bits per heavy atom. The molecule has 0 saturated heterocycles. The van der Waals surface area contributed by atoms with Crippen molar-refractivity contribution in [2.75, 3.05) is 6.54 Å². The Kier molecular flexibility index (Phi) is 6.23. The van der Waals surface area contributed by atoms with Crippen molar-refractivity contribution in [1.82, 2.24) is 16.2 Å². The van der Waals surface area contributed by atoms with E-state index in [1.54, 1.807) is 18.2 Å². The zero-order chi connectivity index (χ0) is 19.1. The van der Waals surface area contributed by atoms with Gasteiger partial charge in [-0.1, -0.05) is 23.7 Å². The highest BCUT2D eigenvalue weighted by atomic mass is 35.5. The molecule has 0 saturated carbocycles. The monoisotopic (exact) mass is 376 g/mol. The maximum Gasteiger partial charge on any atom is 0.269 e. The number of nitro benzene ring substituents is 1. The Balaban J connectivity index is 1.81. The molecule has 0 spiro atoms. The van der Waals surface area contributed by atoms with Crippen molar-refractivity contribution >= 4 is 35.0 Å². The summed E-state index contributed by atoms with van der Waals surface area (Å²) < 4.78 is 0. The highest BCUT2D eigenvalue weighted by Crippen LogP contribution is 2.14. The zero-order valence-electron chi connectivity index (χ0n) is 13.2. The number of benzene rings is 2. The number of carbonyl (C=O) groups excluding carboxylic acids is 3. The van der Waals surface area contributed by atoms with Crippen molar-refractivity contribution in [3.63, 3.8) is 0 Å². The maximum absolute atomic E-state index is 11.9. The van der Waals surface area contributed by atoms with Crippen molar-refractivity contribution < 1.29 is 19.3 Å². The molecule has 0 heterocycles. The molecule has 26 heavy (non-hydrogen) atoms. The van der Waals surface area contributed by atoms with Gasteiger partial charge in [0.05, 0.1) is 22.1 Å². The highest BCUT2D eigenvalue weighted by Gasteiger charge is 2.13. The summed E-state index contributed by atoms with van der Waals surface area (Å²) in [7, 11) is 0. The van der Waals surface area contributed by atoms with E-state index in [9.17, 15) is 24.5 Å².